The van der Waals surface area contributed by atoms with Crippen LogP contribution >= 0.6 is 11.9 Å². The minimum atomic E-state index is 0.819. The lowest BCUT2D eigenvalue weighted by molar-refractivity contribution is 0.608. The molecule has 7 heavy (non-hydrogen) atoms. The van der Waals surface area contributed by atoms with Crippen LogP contribution in [0.4, 0.5) is 0 Å². The monoisotopic (exact) mass is 117 g/mol. The molecule has 1 aliphatic rings. The average molecular weight is 117 g/mol. The molecule has 0 spiro atoms. The molecule has 2 atom stereocenters. The summed E-state index contributed by atoms with van der Waals surface area (Å²) in [6.45, 7) is 5.72. The Morgan fingerprint density at radius 3 is 2.43 bits per heavy atom. The number of hydrogen-bond acceptors (Lipinski definition) is 2. The lowest BCUT2D eigenvalue weighted by Crippen LogP contribution is -2.06. The Kier molecular flexibility index (Phi) is 1.60. The van der Waals surface area contributed by atoms with Gasteiger partial charge in [0, 0.05) is 11.8 Å². The molecular formula is C5H11NS. The van der Waals surface area contributed by atoms with Gasteiger partial charge in [-0.2, -0.15) is 0 Å². The third-order valence-electron chi connectivity index (χ3n) is 1.48. The standard InChI is InChI=1S/C5H11NS/c1-4-3-6-7-5(4)2/h4-6H,3H2,1-2H3. The summed E-state index contributed by atoms with van der Waals surface area (Å²) in [6.07, 6.45) is 0. The van der Waals surface area contributed by atoms with Crippen LogP contribution in [0.25, 0.3) is 0 Å². The van der Waals surface area contributed by atoms with Gasteiger partial charge >= 0.3 is 0 Å². The predicted molar refractivity (Wildman–Crippen MR) is 34.2 cm³/mol. The maximum atomic E-state index is 3.24. The first-order valence-electron chi connectivity index (χ1n) is 2.69. The Balaban J connectivity index is 2.33. The van der Waals surface area contributed by atoms with Crippen LogP contribution in [0.2, 0.25) is 0 Å². The maximum Gasteiger partial charge on any atom is 0.0202 e. The second-order valence-electron chi connectivity index (χ2n) is 2.15. The SMILES string of the molecule is CC1CNSC1C. The van der Waals surface area contributed by atoms with Crippen molar-refractivity contribution in [2.45, 2.75) is 19.1 Å². The van der Waals surface area contributed by atoms with Gasteiger partial charge in [-0.15, -0.1) is 0 Å². The molecule has 1 nitrogen and oxygen atoms in total. The molecule has 0 radical (unpaired) electrons. The molecule has 0 aromatic carbocycles. The molecule has 42 valence electrons. The van der Waals surface area contributed by atoms with Gasteiger partial charge in [0.15, 0.2) is 0 Å². The van der Waals surface area contributed by atoms with E-state index in [0.29, 0.717) is 0 Å². The van der Waals surface area contributed by atoms with Crippen LogP contribution in [0.15, 0.2) is 0 Å². The van der Waals surface area contributed by atoms with Crippen molar-refractivity contribution in [3.8, 4) is 0 Å². The van der Waals surface area contributed by atoms with E-state index >= 15 is 0 Å². The van der Waals surface area contributed by atoms with Gasteiger partial charge < -0.3 is 0 Å². The zero-order valence-corrected chi connectivity index (χ0v) is 5.59. The molecule has 0 aromatic heterocycles. The van der Waals surface area contributed by atoms with Crippen molar-refractivity contribution in [1.82, 2.24) is 4.72 Å². The third kappa shape index (κ3) is 1.10. The first-order valence-corrected chi connectivity index (χ1v) is 3.57. The van der Waals surface area contributed by atoms with Gasteiger partial charge in [0.05, 0.1) is 0 Å². The van der Waals surface area contributed by atoms with Crippen molar-refractivity contribution in [1.29, 1.82) is 0 Å². The van der Waals surface area contributed by atoms with E-state index in [4.69, 9.17) is 0 Å². The van der Waals surface area contributed by atoms with Crippen molar-refractivity contribution < 1.29 is 0 Å². The van der Waals surface area contributed by atoms with E-state index in [9.17, 15) is 0 Å². The number of rotatable bonds is 0. The Morgan fingerprint density at radius 2 is 2.29 bits per heavy atom. The molecule has 1 rings (SSSR count). The summed E-state index contributed by atoms with van der Waals surface area (Å²) in [6, 6.07) is 0. The highest BCUT2D eigenvalue weighted by molar-refractivity contribution is 7.98. The van der Waals surface area contributed by atoms with E-state index in [-0.39, 0.29) is 0 Å². The van der Waals surface area contributed by atoms with Gasteiger partial charge in [0.2, 0.25) is 0 Å². The third-order valence-corrected chi connectivity index (χ3v) is 2.65. The second-order valence-corrected chi connectivity index (χ2v) is 3.42. The summed E-state index contributed by atoms with van der Waals surface area (Å²) in [5.41, 5.74) is 0. The smallest absolute Gasteiger partial charge is 0.0202 e. The Bertz CT molecular complexity index is 57.1. The molecule has 1 N–H and O–H groups in total. The van der Waals surface area contributed by atoms with Gasteiger partial charge in [0.25, 0.3) is 0 Å². The van der Waals surface area contributed by atoms with Crippen LogP contribution in [0, 0.1) is 5.92 Å². The summed E-state index contributed by atoms with van der Waals surface area (Å²) < 4.78 is 3.24. The Morgan fingerprint density at radius 1 is 1.57 bits per heavy atom. The Hall–Kier alpha value is 0.310. The lowest BCUT2D eigenvalue weighted by Gasteiger charge is -2.01. The van der Waals surface area contributed by atoms with E-state index in [0.717, 1.165) is 11.2 Å². The fourth-order valence-corrected chi connectivity index (χ4v) is 1.54. The predicted octanol–water partition coefficient (Wildman–Crippen LogP) is 1.26. The fourth-order valence-electron chi connectivity index (χ4n) is 0.593. The van der Waals surface area contributed by atoms with Crippen molar-refractivity contribution in [2.24, 2.45) is 5.92 Å². The minimum absolute atomic E-state index is 0.819. The van der Waals surface area contributed by atoms with E-state index in [2.05, 4.69) is 18.6 Å². The quantitative estimate of drug-likeness (QED) is 0.479. The van der Waals surface area contributed by atoms with Crippen LogP contribution in [-0.2, 0) is 0 Å². The minimum Gasteiger partial charge on any atom is -0.264 e. The Labute approximate surface area is 49.0 Å². The summed E-state index contributed by atoms with van der Waals surface area (Å²) in [5.74, 6) is 0.866. The largest absolute Gasteiger partial charge is 0.264 e. The number of hydrogen-bond donors (Lipinski definition) is 1. The van der Waals surface area contributed by atoms with Crippen molar-refractivity contribution >= 4 is 11.9 Å². The highest BCUT2D eigenvalue weighted by Gasteiger charge is 2.18. The molecular weight excluding hydrogens is 106 g/mol. The molecule has 0 bridgehead atoms. The van der Waals surface area contributed by atoms with Crippen molar-refractivity contribution in [2.75, 3.05) is 6.54 Å². The van der Waals surface area contributed by atoms with E-state index in [1.807, 2.05) is 11.9 Å². The van der Waals surface area contributed by atoms with Crippen LogP contribution in [-0.4, -0.2) is 11.8 Å². The molecule has 1 heterocycles. The van der Waals surface area contributed by atoms with E-state index in [1.165, 1.54) is 6.54 Å². The molecule has 0 amide bonds. The first kappa shape index (κ1) is 5.45. The molecule has 1 aliphatic heterocycles. The average Bonchev–Trinajstić information content (AvgIpc) is 1.91. The molecule has 2 heteroatoms. The molecule has 0 saturated carbocycles. The lowest BCUT2D eigenvalue weighted by atomic mass is 10.1. The zero-order chi connectivity index (χ0) is 5.28. The molecule has 0 aromatic rings. The maximum absolute atomic E-state index is 3.24. The van der Waals surface area contributed by atoms with Gasteiger partial charge in [-0.25, -0.2) is 0 Å². The fraction of sp³-hybridized carbons (Fsp3) is 1.00. The zero-order valence-electron chi connectivity index (χ0n) is 4.77. The highest BCUT2D eigenvalue weighted by Crippen LogP contribution is 2.21. The van der Waals surface area contributed by atoms with E-state index < -0.39 is 0 Å². The van der Waals surface area contributed by atoms with Gasteiger partial charge in [-0.05, 0) is 5.92 Å². The van der Waals surface area contributed by atoms with Crippen LogP contribution in [0.3, 0.4) is 0 Å². The first-order chi connectivity index (χ1) is 3.30. The normalized spacial score (nSPS) is 42.0. The van der Waals surface area contributed by atoms with Crippen molar-refractivity contribution in [3.05, 3.63) is 0 Å². The molecule has 1 fully saturated rings. The summed E-state index contributed by atoms with van der Waals surface area (Å²) in [4.78, 5) is 0. The van der Waals surface area contributed by atoms with Crippen LogP contribution in [0.1, 0.15) is 13.8 Å². The topological polar surface area (TPSA) is 12.0 Å². The van der Waals surface area contributed by atoms with Crippen LogP contribution in [0.5, 0.6) is 0 Å². The van der Waals surface area contributed by atoms with Gasteiger partial charge in [-0.1, -0.05) is 25.8 Å². The summed E-state index contributed by atoms with van der Waals surface area (Å²) >= 11 is 1.86. The highest BCUT2D eigenvalue weighted by atomic mass is 32.2. The number of nitrogens with one attached hydrogen (secondary N) is 1. The van der Waals surface area contributed by atoms with Crippen LogP contribution < -0.4 is 4.72 Å². The summed E-state index contributed by atoms with van der Waals surface area (Å²) in [5, 5.41) is 0.819. The van der Waals surface area contributed by atoms with Gasteiger partial charge in [-0.3, -0.25) is 4.72 Å². The van der Waals surface area contributed by atoms with Gasteiger partial charge in [0.1, 0.15) is 0 Å². The molecule has 2 unspecified atom stereocenters. The van der Waals surface area contributed by atoms with E-state index in [1.54, 1.807) is 0 Å². The van der Waals surface area contributed by atoms with Crippen molar-refractivity contribution in [3.63, 3.8) is 0 Å². The second kappa shape index (κ2) is 2.05. The molecule has 0 aliphatic carbocycles. The summed E-state index contributed by atoms with van der Waals surface area (Å²) in [7, 11) is 0. The molecule has 1 saturated heterocycles.